The highest BCUT2D eigenvalue weighted by Crippen LogP contribution is 2.16. The molecule has 5 nitrogen and oxygen atoms in total. The summed E-state index contributed by atoms with van der Waals surface area (Å²) in [5.74, 6) is 0.645. The molecule has 0 bridgehead atoms. The first-order valence-electron chi connectivity index (χ1n) is 9.26. The largest absolute Gasteiger partial charge is 0.497 e. The quantitative estimate of drug-likeness (QED) is 0.633. The molecule has 0 atom stereocenters. The van der Waals surface area contributed by atoms with E-state index in [9.17, 15) is 4.79 Å². The molecule has 0 radical (unpaired) electrons. The highest BCUT2D eigenvalue weighted by Gasteiger charge is 2.08. The van der Waals surface area contributed by atoms with Crippen LogP contribution in [0.2, 0.25) is 0 Å². The summed E-state index contributed by atoms with van der Waals surface area (Å²) in [5.41, 5.74) is 5.47. The SMILES string of the molecule is COc1cccc(CCNc2ccc(C(=O)Nc3cc(C)cc(C)c3)nc2)c1. The maximum atomic E-state index is 12.4. The van der Waals surface area contributed by atoms with Gasteiger partial charge in [0, 0.05) is 12.2 Å². The number of hydrogen-bond acceptors (Lipinski definition) is 4. The maximum absolute atomic E-state index is 12.4. The second-order valence-corrected chi connectivity index (χ2v) is 6.79. The van der Waals surface area contributed by atoms with E-state index in [1.54, 1.807) is 19.4 Å². The van der Waals surface area contributed by atoms with E-state index >= 15 is 0 Å². The molecule has 0 aliphatic rings. The lowest BCUT2D eigenvalue weighted by Crippen LogP contribution is -2.14. The molecule has 2 aromatic carbocycles. The normalized spacial score (nSPS) is 10.4. The molecule has 144 valence electrons. The minimum atomic E-state index is -0.215. The molecule has 2 N–H and O–H groups in total. The van der Waals surface area contributed by atoms with Gasteiger partial charge in [-0.2, -0.15) is 0 Å². The summed E-state index contributed by atoms with van der Waals surface area (Å²) >= 11 is 0. The Morgan fingerprint density at radius 2 is 1.79 bits per heavy atom. The molecular formula is C23H25N3O2. The number of nitrogens with one attached hydrogen (secondary N) is 2. The van der Waals surface area contributed by atoms with Gasteiger partial charge in [-0.15, -0.1) is 0 Å². The van der Waals surface area contributed by atoms with Crippen LogP contribution in [0.1, 0.15) is 27.2 Å². The fourth-order valence-corrected chi connectivity index (χ4v) is 3.05. The van der Waals surface area contributed by atoms with Crippen molar-refractivity contribution in [1.82, 2.24) is 4.98 Å². The van der Waals surface area contributed by atoms with Crippen molar-refractivity contribution < 1.29 is 9.53 Å². The van der Waals surface area contributed by atoms with Crippen molar-refractivity contribution in [3.63, 3.8) is 0 Å². The van der Waals surface area contributed by atoms with Gasteiger partial charge in [0.15, 0.2) is 0 Å². The summed E-state index contributed by atoms with van der Waals surface area (Å²) in [6.45, 7) is 4.78. The average molecular weight is 375 g/mol. The lowest BCUT2D eigenvalue weighted by molar-refractivity contribution is 0.102. The van der Waals surface area contributed by atoms with Crippen molar-refractivity contribution in [2.75, 3.05) is 24.3 Å². The molecule has 0 aliphatic carbocycles. The summed E-state index contributed by atoms with van der Waals surface area (Å²) < 4.78 is 5.24. The van der Waals surface area contributed by atoms with Gasteiger partial charge in [0.25, 0.3) is 5.91 Å². The number of rotatable bonds is 7. The van der Waals surface area contributed by atoms with E-state index in [0.29, 0.717) is 5.69 Å². The Bertz CT molecular complexity index is 932. The molecule has 28 heavy (non-hydrogen) atoms. The standard InChI is InChI=1S/C23H25N3O2/c1-16-11-17(2)13-20(12-16)26-23(27)22-8-7-19(15-25-22)24-10-9-18-5-4-6-21(14-18)28-3/h4-8,11-15,24H,9-10H2,1-3H3,(H,26,27). The maximum Gasteiger partial charge on any atom is 0.274 e. The molecule has 1 aromatic heterocycles. The number of pyridine rings is 1. The van der Waals surface area contributed by atoms with Crippen LogP contribution in [0.5, 0.6) is 5.75 Å². The average Bonchev–Trinajstić information content (AvgIpc) is 2.68. The summed E-state index contributed by atoms with van der Waals surface area (Å²) in [6, 6.07) is 17.6. The number of hydrogen-bond donors (Lipinski definition) is 2. The number of amides is 1. The van der Waals surface area contributed by atoms with Crippen LogP contribution in [0.15, 0.2) is 60.8 Å². The molecule has 0 spiro atoms. The topological polar surface area (TPSA) is 63.2 Å². The highest BCUT2D eigenvalue weighted by molar-refractivity contribution is 6.03. The van der Waals surface area contributed by atoms with E-state index in [2.05, 4.69) is 27.8 Å². The Labute approximate surface area is 165 Å². The predicted octanol–water partition coefficient (Wildman–Crippen LogP) is 4.61. The summed E-state index contributed by atoms with van der Waals surface area (Å²) in [7, 11) is 1.67. The molecule has 0 saturated carbocycles. The Morgan fingerprint density at radius 3 is 2.46 bits per heavy atom. The number of carbonyl (C=O) groups excluding carboxylic acids is 1. The molecule has 1 amide bonds. The predicted molar refractivity (Wildman–Crippen MR) is 113 cm³/mol. The van der Waals surface area contributed by atoms with Crippen molar-refractivity contribution in [2.24, 2.45) is 0 Å². The van der Waals surface area contributed by atoms with Gasteiger partial charge in [0.1, 0.15) is 11.4 Å². The zero-order chi connectivity index (χ0) is 19.9. The van der Waals surface area contributed by atoms with Gasteiger partial charge < -0.3 is 15.4 Å². The molecule has 0 aliphatic heterocycles. The molecule has 0 fully saturated rings. The first kappa shape index (κ1) is 19.4. The minimum Gasteiger partial charge on any atom is -0.497 e. The van der Waals surface area contributed by atoms with E-state index in [0.717, 1.165) is 41.2 Å². The number of anilines is 2. The Kier molecular flexibility index (Phi) is 6.27. The monoisotopic (exact) mass is 375 g/mol. The molecule has 1 heterocycles. The minimum absolute atomic E-state index is 0.215. The van der Waals surface area contributed by atoms with E-state index in [-0.39, 0.29) is 5.91 Å². The van der Waals surface area contributed by atoms with Crippen LogP contribution in [0, 0.1) is 13.8 Å². The zero-order valence-corrected chi connectivity index (χ0v) is 16.5. The van der Waals surface area contributed by atoms with Crippen LogP contribution in [-0.4, -0.2) is 24.5 Å². The molecule has 5 heteroatoms. The van der Waals surface area contributed by atoms with Crippen molar-refractivity contribution in [1.29, 1.82) is 0 Å². The summed E-state index contributed by atoms with van der Waals surface area (Å²) in [5, 5.41) is 6.23. The number of nitrogens with zero attached hydrogens (tertiary/aromatic N) is 1. The van der Waals surface area contributed by atoms with Crippen LogP contribution >= 0.6 is 0 Å². The zero-order valence-electron chi connectivity index (χ0n) is 16.5. The molecular weight excluding hydrogens is 350 g/mol. The molecule has 3 rings (SSSR count). The van der Waals surface area contributed by atoms with Crippen LogP contribution in [0.25, 0.3) is 0 Å². The number of carbonyl (C=O) groups is 1. The van der Waals surface area contributed by atoms with Gasteiger partial charge in [-0.25, -0.2) is 4.98 Å². The van der Waals surface area contributed by atoms with Crippen molar-refractivity contribution >= 4 is 17.3 Å². The first-order valence-corrected chi connectivity index (χ1v) is 9.26. The van der Waals surface area contributed by atoms with Gasteiger partial charge in [-0.1, -0.05) is 18.2 Å². The van der Waals surface area contributed by atoms with Crippen molar-refractivity contribution in [3.05, 3.63) is 83.2 Å². The Balaban J connectivity index is 1.54. The number of ether oxygens (including phenoxy) is 1. The lowest BCUT2D eigenvalue weighted by atomic mass is 10.1. The second kappa shape index (κ2) is 9.04. The fraction of sp³-hybridized carbons (Fsp3) is 0.217. The van der Waals surface area contributed by atoms with Gasteiger partial charge in [-0.3, -0.25) is 4.79 Å². The third kappa shape index (κ3) is 5.33. The Morgan fingerprint density at radius 1 is 1.00 bits per heavy atom. The van der Waals surface area contributed by atoms with Crippen molar-refractivity contribution in [3.8, 4) is 5.75 Å². The smallest absolute Gasteiger partial charge is 0.274 e. The number of aromatic nitrogens is 1. The summed E-state index contributed by atoms with van der Waals surface area (Å²) in [6.07, 6.45) is 2.55. The third-order valence-electron chi connectivity index (χ3n) is 4.35. The molecule has 3 aromatic rings. The van der Waals surface area contributed by atoms with E-state index in [4.69, 9.17) is 4.74 Å². The number of aryl methyl sites for hydroxylation is 2. The van der Waals surface area contributed by atoms with Crippen LogP contribution in [0.4, 0.5) is 11.4 Å². The van der Waals surface area contributed by atoms with Gasteiger partial charge in [0.2, 0.25) is 0 Å². The van der Waals surface area contributed by atoms with Crippen LogP contribution < -0.4 is 15.4 Å². The third-order valence-corrected chi connectivity index (χ3v) is 4.35. The van der Waals surface area contributed by atoms with Crippen molar-refractivity contribution in [2.45, 2.75) is 20.3 Å². The second-order valence-electron chi connectivity index (χ2n) is 6.79. The first-order chi connectivity index (χ1) is 13.5. The van der Waals surface area contributed by atoms with E-state index < -0.39 is 0 Å². The van der Waals surface area contributed by atoms with Crippen LogP contribution in [0.3, 0.4) is 0 Å². The van der Waals surface area contributed by atoms with Gasteiger partial charge >= 0.3 is 0 Å². The highest BCUT2D eigenvalue weighted by atomic mass is 16.5. The number of benzene rings is 2. The fourth-order valence-electron chi connectivity index (χ4n) is 3.05. The lowest BCUT2D eigenvalue weighted by Gasteiger charge is -2.09. The van der Waals surface area contributed by atoms with E-state index in [1.807, 2.05) is 50.2 Å². The summed E-state index contributed by atoms with van der Waals surface area (Å²) in [4.78, 5) is 16.7. The van der Waals surface area contributed by atoms with Crippen LogP contribution in [-0.2, 0) is 6.42 Å². The Hall–Kier alpha value is -3.34. The van der Waals surface area contributed by atoms with Gasteiger partial charge in [-0.05, 0) is 73.4 Å². The molecule has 0 unspecified atom stereocenters. The molecule has 0 saturated heterocycles. The van der Waals surface area contributed by atoms with E-state index in [1.165, 1.54) is 5.56 Å². The van der Waals surface area contributed by atoms with Gasteiger partial charge in [0.05, 0.1) is 19.0 Å². The number of methoxy groups -OCH3 is 1.